The van der Waals surface area contributed by atoms with Crippen LogP contribution in [-0.4, -0.2) is 40.2 Å². The Bertz CT molecular complexity index is 736. The number of carbonyl (C=O) groups excluding carboxylic acids is 2. The smallest absolute Gasteiger partial charge is 0.256 e. The number of pyridine rings is 1. The first-order valence-corrected chi connectivity index (χ1v) is 10.3. The van der Waals surface area contributed by atoms with Gasteiger partial charge in [0.15, 0.2) is 0 Å². The van der Waals surface area contributed by atoms with E-state index >= 15 is 0 Å². The summed E-state index contributed by atoms with van der Waals surface area (Å²) in [6.07, 6.45) is 8.02. The third kappa shape index (κ3) is 6.19. The zero-order valence-corrected chi connectivity index (χ0v) is 17.2. The molecule has 2 amide bonds. The molecule has 0 unspecified atom stereocenters. The summed E-state index contributed by atoms with van der Waals surface area (Å²) in [6, 6.07) is 0.0800. The molecule has 0 bridgehead atoms. The van der Waals surface area contributed by atoms with Crippen molar-refractivity contribution >= 4 is 11.8 Å². The van der Waals surface area contributed by atoms with E-state index in [1.54, 1.807) is 4.57 Å². The maximum absolute atomic E-state index is 12.8. The number of nitrogens with one attached hydrogen (secondary N) is 2. The van der Waals surface area contributed by atoms with E-state index < -0.39 is 23.3 Å². The Morgan fingerprint density at radius 2 is 1.75 bits per heavy atom. The molecule has 1 fully saturated rings. The second-order valence-corrected chi connectivity index (χ2v) is 8.09. The fourth-order valence-corrected chi connectivity index (χ4v) is 3.44. The van der Waals surface area contributed by atoms with E-state index in [1.807, 2.05) is 20.8 Å². The molecule has 7 heteroatoms. The summed E-state index contributed by atoms with van der Waals surface area (Å²) in [7, 11) is 0. The molecule has 0 radical (unpaired) electrons. The van der Waals surface area contributed by atoms with Crippen molar-refractivity contribution in [3.63, 3.8) is 0 Å². The summed E-state index contributed by atoms with van der Waals surface area (Å²) in [4.78, 5) is 38.1. The maximum atomic E-state index is 12.8. The Morgan fingerprint density at radius 1 is 1.14 bits per heavy atom. The number of carbonyl (C=O) groups is 2. The van der Waals surface area contributed by atoms with E-state index in [2.05, 4.69) is 10.6 Å². The fourth-order valence-electron chi connectivity index (χ4n) is 3.44. The summed E-state index contributed by atoms with van der Waals surface area (Å²) >= 11 is 0. The van der Waals surface area contributed by atoms with E-state index in [9.17, 15) is 19.5 Å². The van der Waals surface area contributed by atoms with E-state index in [4.69, 9.17) is 0 Å². The van der Waals surface area contributed by atoms with E-state index in [0.717, 1.165) is 25.7 Å². The van der Waals surface area contributed by atoms with Gasteiger partial charge in [-0.05, 0) is 25.2 Å². The number of hydrogen-bond acceptors (Lipinski definition) is 4. The number of rotatable bonds is 8. The predicted octanol–water partition coefficient (Wildman–Crippen LogP) is 2.07. The van der Waals surface area contributed by atoms with Gasteiger partial charge in [-0.1, -0.05) is 40.0 Å². The second kappa shape index (κ2) is 10.4. The topological polar surface area (TPSA) is 100 Å². The molecule has 0 saturated heterocycles. The average Bonchev–Trinajstić information content (AvgIpc) is 2.67. The van der Waals surface area contributed by atoms with E-state index in [0.29, 0.717) is 13.0 Å². The Hall–Kier alpha value is -2.15. The minimum atomic E-state index is -0.667. The van der Waals surface area contributed by atoms with Gasteiger partial charge in [0.25, 0.3) is 11.8 Å². The Balaban J connectivity index is 2.28. The number of aliphatic hydroxyl groups excluding tert-OH is 1. The first-order chi connectivity index (χ1) is 13.3. The van der Waals surface area contributed by atoms with Gasteiger partial charge in [-0.15, -0.1) is 0 Å². The molecule has 0 aromatic carbocycles. The molecular formula is C21H33N3O4. The Labute approximate surface area is 166 Å². The van der Waals surface area contributed by atoms with Gasteiger partial charge < -0.3 is 20.3 Å². The van der Waals surface area contributed by atoms with Crippen LogP contribution in [0.5, 0.6) is 0 Å². The minimum Gasteiger partial charge on any atom is -0.391 e. The molecule has 1 heterocycles. The summed E-state index contributed by atoms with van der Waals surface area (Å²) in [5, 5.41) is 15.2. The SMILES string of the molecule is CC[C@H](O)CNC(=O)c1cn(CC(C)C)cc(C(=O)NC2CCCCC2)c1=O. The monoisotopic (exact) mass is 391 g/mol. The van der Waals surface area contributed by atoms with Crippen molar-refractivity contribution in [3.8, 4) is 0 Å². The average molecular weight is 392 g/mol. The molecule has 0 aliphatic heterocycles. The summed E-state index contributed by atoms with van der Waals surface area (Å²) < 4.78 is 1.73. The molecule has 3 N–H and O–H groups in total. The van der Waals surface area contributed by atoms with Crippen LogP contribution < -0.4 is 16.1 Å². The van der Waals surface area contributed by atoms with Crippen molar-refractivity contribution in [3.05, 3.63) is 33.7 Å². The van der Waals surface area contributed by atoms with Crippen LogP contribution in [0, 0.1) is 5.92 Å². The maximum Gasteiger partial charge on any atom is 0.256 e. The Morgan fingerprint density at radius 3 is 2.32 bits per heavy atom. The van der Waals surface area contributed by atoms with Crippen LogP contribution in [0.1, 0.15) is 80.0 Å². The van der Waals surface area contributed by atoms with Gasteiger partial charge in [-0.25, -0.2) is 0 Å². The highest BCUT2D eigenvalue weighted by atomic mass is 16.3. The van der Waals surface area contributed by atoms with Crippen LogP contribution >= 0.6 is 0 Å². The van der Waals surface area contributed by atoms with Crippen molar-refractivity contribution in [2.75, 3.05) is 6.54 Å². The highest BCUT2D eigenvalue weighted by Crippen LogP contribution is 2.17. The van der Waals surface area contributed by atoms with Gasteiger partial charge in [0, 0.05) is 31.5 Å². The van der Waals surface area contributed by atoms with Gasteiger partial charge in [-0.2, -0.15) is 0 Å². The lowest BCUT2D eigenvalue weighted by atomic mass is 9.95. The first kappa shape index (κ1) is 22.1. The first-order valence-electron chi connectivity index (χ1n) is 10.3. The van der Waals surface area contributed by atoms with Gasteiger partial charge in [0.2, 0.25) is 5.43 Å². The number of aliphatic hydroxyl groups is 1. The highest BCUT2D eigenvalue weighted by Gasteiger charge is 2.22. The second-order valence-electron chi connectivity index (χ2n) is 8.09. The molecule has 1 aromatic rings. The van der Waals surface area contributed by atoms with Gasteiger partial charge in [-0.3, -0.25) is 14.4 Å². The van der Waals surface area contributed by atoms with Crippen LogP contribution in [0.3, 0.4) is 0 Å². The number of nitrogens with zero attached hydrogens (tertiary/aromatic N) is 1. The molecule has 1 aromatic heterocycles. The molecule has 28 heavy (non-hydrogen) atoms. The molecule has 1 aliphatic rings. The van der Waals surface area contributed by atoms with Crippen molar-refractivity contribution in [1.29, 1.82) is 0 Å². The minimum absolute atomic E-state index is 0.00471. The summed E-state index contributed by atoms with van der Waals surface area (Å²) in [5.41, 5.74) is -0.646. The molecule has 2 rings (SSSR count). The molecule has 1 atom stereocenters. The van der Waals surface area contributed by atoms with Crippen molar-refractivity contribution in [2.24, 2.45) is 5.92 Å². The van der Waals surface area contributed by atoms with Crippen molar-refractivity contribution in [2.45, 2.75) is 78.0 Å². The van der Waals surface area contributed by atoms with Gasteiger partial charge >= 0.3 is 0 Å². The number of amides is 2. The molecule has 156 valence electrons. The highest BCUT2D eigenvalue weighted by molar-refractivity contribution is 5.99. The number of aromatic nitrogens is 1. The summed E-state index contributed by atoms with van der Waals surface area (Å²) in [6.45, 7) is 6.51. The summed E-state index contributed by atoms with van der Waals surface area (Å²) in [5.74, 6) is -0.699. The number of hydrogen-bond donors (Lipinski definition) is 3. The fraction of sp³-hybridized carbons (Fsp3) is 0.667. The third-order valence-electron chi connectivity index (χ3n) is 5.05. The standard InChI is InChI=1S/C21H33N3O4/c1-4-16(25)10-22-20(27)17-12-24(11-14(2)3)13-18(19(17)26)21(28)23-15-8-6-5-7-9-15/h12-16,25H,4-11H2,1-3H3,(H,22,27)(H,23,28)/t16-/m0/s1. The van der Waals surface area contributed by atoms with Crippen LogP contribution in [0.15, 0.2) is 17.2 Å². The molecule has 7 nitrogen and oxygen atoms in total. The van der Waals surface area contributed by atoms with Crippen LogP contribution in [0.4, 0.5) is 0 Å². The predicted molar refractivity (Wildman–Crippen MR) is 109 cm³/mol. The van der Waals surface area contributed by atoms with Crippen molar-refractivity contribution in [1.82, 2.24) is 15.2 Å². The van der Waals surface area contributed by atoms with Crippen LogP contribution in [0.2, 0.25) is 0 Å². The molecular weight excluding hydrogens is 358 g/mol. The lowest BCUT2D eigenvalue weighted by molar-refractivity contribution is 0.0911. The quantitative estimate of drug-likeness (QED) is 0.631. The third-order valence-corrected chi connectivity index (χ3v) is 5.05. The largest absolute Gasteiger partial charge is 0.391 e. The van der Waals surface area contributed by atoms with Crippen LogP contribution in [0.25, 0.3) is 0 Å². The van der Waals surface area contributed by atoms with Gasteiger partial charge in [0.1, 0.15) is 11.1 Å². The lowest BCUT2D eigenvalue weighted by Gasteiger charge is -2.23. The Kier molecular flexibility index (Phi) is 8.23. The van der Waals surface area contributed by atoms with E-state index in [1.165, 1.54) is 18.8 Å². The van der Waals surface area contributed by atoms with Gasteiger partial charge in [0.05, 0.1) is 6.10 Å². The van der Waals surface area contributed by atoms with Crippen LogP contribution in [-0.2, 0) is 6.54 Å². The molecule has 0 spiro atoms. The van der Waals surface area contributed by atoms with Crippen molar-refractivity contribution < 1.29 is 14.7 Å². The lowest BCUT2D eigenvalue weighted by Crippen LogP contribution is -2.41. The zero-order chi connectivity index (χ0) is 20.7. The molecule has 1 saturated carbocycles. The normalized spacial score (nSPS) is 16.0. The molecule has 1 aliphatic carbocycles. The van der Waals surface area contributed by atoms with E-state index in [-0.39, 0.29) is 29.6 Å². The zero-order valence-electron chi connectivity index (χ0n) is 17.2.